The van der Waals surface area contributed by atoms with Crippen LogP contribution in [-0.2, 0) is 19.2 Å². The van der Waals surface area contributed by atoms with Gasteiger partial charge in [-0.1, -0.05) is 338 Å². The van der Waals surface area contributed by atoms with Gasteiger partial charge in [0.25, 0.3) is 23.6 Å². The summed E-state index contributed by atoms with van der Waals surface area (Å²) in [5.74, 6) is 0.985. The second-order valence-electron chi connectivity index (χ2n) is 40.4. The highest BCUT2D eigenvalue weighted by Gasteiger charge is 2.55. The second kappa shape index (κ2) is 49.5. The van der Waals surface area contributed by atoms with Gasteiger partial charge in [0, 0.05) is 75.0 Å². The third-order valence-electron chi connectivity index (χ3n) is 31.2. The minimum absolute atomic E-state index is 0.0230. The van der Waals surface area contributed by atoms with Crippen LogP contribution >= 0.6 is 90.7 Å². The maximum Gasteiger partial charge on any atom is 0.261 e. The highest BCUT2D eigenvalue weighted by Crippen LogP contribution is 2.57. The number of nitrogens with zero attached hydrogens (tertiary/aromatic N) is 4. The molecule has 9 aromatic rings. The van der Waals surface area contributed by atoms with Crippen molar-refractivity contribution in [1.82, 2.24) is 19.6 Å². The number of carbonyl (C=O) groups is 5. The molecular formula is C116H156N4O6S8Si2. The minimum Gasteiger partial charge on any atom is -0.487 e. The number of rotatable bonds is 62. The highest BCUT2D eigenvalue weighted by atomic mass is 32.1. The topological polar surface area (TPSA) is 108 Å². The summed E-state index contributed by atoms with van der Waals surface area (Å²) in [6.07, 6.45) is 47.9. The number of fused-ring (bicyclic) bond motifs is 8. The molecule has 0 aliphatic carbocycles. The molecule has 10 nitrogen and oxygen atoms in total. The molecule has 0 bridgehead atoms. The Morgan fingerprint density at radius 1 is 0.279 bits per heavy atom. The molecule has 732 valence electrons. The molecule has 0 saturated heterocycles. The number of thiophene rings is 8. The average molecular weight is 2020 g/mol. The van der Waals surface area contributed by atoms with Crippen molar-refractivity contribution in [2.24, 2.45) is 23.7 Å². The number of hydrogen-bond acceptors (Lipinski definition) is 14. The van der Waals surface area contributed by atoms with E-state index in [0.29, 0.717) is 59.3 Å². The molecule has 136 heavy (non-hydrogen) atoms. The Morgan fingerprint density at radius 2 is 0.537 bits per heavy atom. The molecule has 0 fully saturated rings. The number of amides is 4. The van der Waals surface area contributed by atoms with Gasteiger partial charge in [-0.3, -0.25) is 24.0 Å². The fourth-order valence-corrected chi connectivity index (χ4v) is 44.3. The average Bonchev–Trinajstić information content (AvgIpc) is 1.52. The first-order valence-corrected chi connectivity index (χ1v) is 65.2. The monoisotopic (exact) mass is 2010 g/mol. The van der Waals surface area contributed by atoms with E-state index in [1.54, 1.807) is 73.0 Å². The third kappa shape index (κ3) is 22.2. The molecule has 6 aliphatic heterocycles. The zero-order valence-corrected chi connectivity index (χ0v) is 93.1. The maximum absolute atomic E-state index is 16.3. The molecule has 0 N–H and O–H groups in total. The first-order valence-electron chi connectivity index (χ1n) is 53.8. The van der Waals surface area contributed by atoms with Gasteiger partial charge in [-0.15, -0.1) is 79.4 Å². The molecule has 0 saturated carbocycles. The predicted octanol–water partition coefficient (Wildman–Crippen LogP) is 33.7. The van der Waals surface area contributed by atoms with Crippen molar-refractivity contribution in [2.45, 2.75) is 364 Å². The van der Waals surface area contributed by atoms with Gasteiger partial charge in [0.05, 0.1) is 76.6 Å². The molecule has 6 aliphatic rings. The van der Waals surface area contributed by atoms with E-state index in [9.17, 15) is 4.79 Å². The number of unbranched alkanes of at least 4 members (excludes halogenated alkanes) is 24. The number of carbonyl (C=O) groups excluding carboxylic acids is 5. The summed E-state index contributed by atoms with van der Waals surface area (Å²) in [5, 5.41) is 7.63. The number of benzene rings is 1. The summed E-state index contributed by atoms with van der Waals surface area (Å²) in [5.41, 5.74) is 8.65. The fourth-order valence-electron chi connectivity index (χ4n) is 23.1. The number of hydrogen-bond donors (Lipinski definition) is 0. The standard InChI is InChI=1S/C116H156N4O6S8Si2/c1-14-26-34-38-42-46-66-135(67-47-43-39-35-27-15-2)98-71-85-99(70-84(98)111-100(135)72-96(133-111)90-58-62-94(130-90)109-105-103(113(122)119(109)76-81(24-11)52-32-20-7)107(117(115(105)124)74-79(22-9)50-30-18-5)92-60-56-87(128-92)86-55-54-83(78-121)127-86)136(68-48-44-40-36-28-16-3,69-49-45-41-37-29-17-4)101-73-97(134-112(85)101)91-59-63-95(131-91)110-106-104(114(123)120(110)77-82(25-12)53-33-21-8)108(118(116(106)125)75-80(23-10)51-31-19-6)93-61-57-88(129-93)89-64-65-102(126-13)132-89/h54-65,70-73,78-82H,14-53,66-69,74-77H2,1-13H3. The van der Waals surface area contributed by atoms with Crippen LogP contribution in [0.25, 0.3) is 82.7 Å². The van der Waals surface area contributed by atoms with E-state index in [2.05, 4.69) is 199 Å². The molecule has 4 unspecified atom stereocenters. The van der Waals surface area contributed by atoms with Gasteiger partial charge in [-0.2, -0.15) is 0 Å². The molecule has 4 atom stereocenters. The zero-order chi connectivity index (χ0) is 95.6. The Kier molecular flexibility index (Phi) is 37.8. The molecule has 8 aromatic heterocycles. The molecule has 20 heteroatoms. The van der Waals surface area contributed by atoms with Gasteiger partial charge < -0.3 is 24.3 Å². The normalized spacial score (nSPS) is 16.3. The van der Waals surface area contributed by atoms with Crippen LogP contribution < -0.4 is 25.5 Å². The van der Waals surface area contributed by atoms with E-state index < -0.39 is 16.1 Å². The second-order valence-corrected chi connectivity index (χ2v) is 57.5. The molecular weight excluding hydrogens is 1860 g/mol. The Labute approximate surface area is 850 Å². The van der Waals surface area contributed by atoms with Crippen molar-refractivity contribution in [3.05, 3.63) is 144 Å². The van der Waals surface area contributed by atoms with Crippen LogP contribution in [0.15, 0.2) is 119 Å². The molecule has 15 rings (SSSR count). The van der Waals surface area contributed by atoms with Crippen LogP contribution in [0.2, 0.25) is 24.2 Å². The maximum atomic E-state index is 16.3. The van der Waals surface area contributed by atoms with E-state index in [0.717, 1.165) is 176 Å². The van der Waals surface area contributed by atoms with Crippen molar-refractivity contribution in [2.75, 3.05) is 33.3 Å². The van der Waals surface area contributed by atoms with Crippen LogP contribution in [0.5, 0.6) is 5.06 Å². The first kappa shape index (κ1) is 104. The number of aldehydes is 1. The molecule has 14 heterocycles. The lowest BCUT2D eigenvalue weighted by molar-refractivity contribution is -0.124. The largest absolute Gasteiger partial charge is 0.487 e. The van der Waals surface area contributed by atoms with Crippen LogP contribution in [0.4, 0.5) is 0 Å². The Morgan fingerprint density at radius 3 is 0.809 bits per heavy atom. The van der Waals surface area contributed by atoms with Crippen LogP contribution in [-0.4, -0.2) is 99.0 Å². The highest BCUT2D eigenvalue weighted by molar-refractivity contribution is 7.29. The Bertz CT molecular complexity index is 5580. The van der Waals surface area contributed by atoms with Crippen molar-refractivity contribution >= 4 is 180 Å². The number of methoxy groups -OCH3 is 1. The quantitative estimate of drug-likeness (QED) is 0.0213. The predicted molar refractivity (Wildman–Crippen MR) is 597 cm³/mol. The van der Waals surface area contributed by atoms with Gasteiger partial charge in [-0.25, -0.2) is 0 Å². The van der Waals surface area contributed by atoms with Crippen LogP contribution in [0.1, 0.15) is 369 Å². The lowest BCUT2D eigenvalue weighted by Crippen LogP contribution is -2.56. The molecule has 0 spiro atoms. The van der Waals surface area contributed by atoms with E-state index in [-0.39, 0.29) is 41.4 Å². The fraction of sp³-hybridized carbons (Fsp3) is 0.560. The van der Waals surface area contributed by atoms with Crippen LogP contribution in [0.3, 0.4) is 0 Å². The Balaban J connectivity index is 0.895. The third-order valence-corrected chi connectivity index (χ3v) is 51.6. The zero-order valence-electron chi connectivity index (χ0n) is 84.6. The van der Waals surface area contributed by atoms with Crippen molar-refractivity contribution in [3.63, 3.8) is 0 Å². The van der Waals surface area contributed by atoms with Gasteiger partial charge in [0.1, 0.15) is 16.1 Å². The lowest BCUT2D eigenvalue weighted by atomic mass is 9.98. The van der Waals surface area contributed by atoms with Crippen molar-refractivity contribution < 1.29 is 28.7 Å². The van der Waals surface area contributed by atoms with Crippen molar-refractivity contribution in [1.29, 1.82) is 0 Å². The summed E-state index contributed by atoms with van der Waals surface area (Å²) in [4.78, 5) is 103. The van der Waals surface area contributed by atoms with E-state index in [4.69, 9.17) is 4.74 Å². The SMILES string of the molecule is CCCCCCCC[Si]1(CCCCCCCC)c2cc3c(cc2-c2sc(-c4ccc(C5=C6C(=O)N(CC(CC)CCCC)C(c7ccc(-c8ccc(C=O)s8)s7)=C6C(=O)N5CC(CC)CCCC)s4)cc21)[Si](CCCCCCCC)(CCCCCCCC)c1cc(-c2ccc(C4=C5C(=O)N(CC(CC)CCCC)C(c6ccc(-c7ccc(OC)s7)s6)=C5C(=O)N4CC(CC)CCCC)s2)sc1-3. The summed E-state index contributed by atoms with van der Waals surface area (Å²) >= 11 is 14.2. The van der Waals surface area contributed by atoms with Gasteiger partial charge in [0.2, 0.25) is 0 Å². The summed E-state index contributed by atoms with van der Waals surface area (Å²) < 4.78 is 5.71. The van der Waals surface area contributed by atoms with Crippen molar-refractivity contribution in [3.8, 4) is 65.0 Å². The smallest absolute Gasteiger partial charge is 0.261 e. The van der Waals surface area contributed by atoms with Gasteiger partial charge >= 0.3 is 0 Å². The van der Waals surface area contributed by atoms with Gasteiger partial charge in [-0.05, 0) is 190 Å². The number of ether oxygens (including phenoxy) is 1. The Hall–Kier alpha value is -6.44. The summed E-state index contributed by atoms with van der Waals surface area (Å²) in [6.45, 7) is 29.9. The summed E-state index contributed by atoms with van der Waals surface area (Å²) in [7, 11) is -3.41. The molecule has 4 amide bonds. The van der Waals surface area contributed by atoms with E-state index in [1.807, 2.05) is 45.8 Å². The van der Waals surface area contributed by atoms with Gasteiger partial charge in [0.15, 0.2) is 11.3 Å². The molecule has 1 aromatic carbocycles. The van der Waals surface area contributed by atoms with E-state index >= 15 is 19.2 Å². The van der Waals surface area contributed by atoms with E-state index in [1.165, 1.54) is 219 Å². The minimum atomic E-state index is -2.57. The summed E-state index contributed by atoms with van der Waals surface area (Å²) in [6, 6.07) is 42.4. The first-order chi connectivity index (χ1) is 66.5. The van der Waals surface area contributed by atoms with Crippen LogP contribution in [0, 0.1) is 23.7 Å². The molecule has 0 radical (unpaired) electrons. The lowest BCUT2D eigenvalue weighted by Gasteiger charge is -2.32.